The van der Waals surface area contributed by atoms with E-state index in [2.05, 4.69) is 5.32 Å². The van der Waals surface area contributed by atoms with Gasteiger partial charge in [0.05, 0.1) is 0 Å². The lowest BCUT2D eigenvalue weighted by molar-refractivity contribution is -0.0497. The molecule has 5 unspecified atom stereocenters. The SMILES string of the molecule is OC1NCCC2CCC3CCCC3C21. The Balaban J connectivity index is 1.81. The van der Waals surface area contributed by atoms with Crippen LogP contribution in [0.1, 0.15) is 38.5 Å². The normalized spacial score (nSPS) is 52.5. The van der Waals surface area contributed by atoms with Crippen LogP contribution in [-0.2, 0) is 0 Å². The van der Waals surface area contributed by atoms with Crippen LogP contribution in [0.15, 0.2) is 0 Å². The van der Waals surface area contributed by atoms with Gasteiger partial charge in [-0.25, -0.2) is 0 Å². The van der Waals surface area contributed by atoms with Crippen LogP contribution in [0.25, 0.3) is 0 Å². The van der Waals surface area contributed by atoms with E-state index in [4.69, 9.17) is 0 Å². The summed E-state index contributed by atoms with van der Waals surface area (Å²) < 4.78 is 0. The third-order valence-electron chi connectivity index (χ3n) is 4.90. The molecule has 3 rings (SSSR count). The summed E-state index contributed by atoms with van der Waals surface area (Å²) in [6.07, 6.45) is 8.14. The molecule has 0 radical (unpaired) electrons. The Morgan fingerprint density at radius 1 is 0.929 bits per heavy atom. The summed E-state index contributed by atoms with van der Waals surface area (Å²) in [6.45, 7) is 1.03. The van der Waals surface area contributed by atoms with Crippen molar-refractivity contribution < 1.29 is 5.11 Å². The average Bonchev–Trinajstić information content (AvgIpc) is 2.65. The Kier molecular flexibility index (Phi) is 2.29. The quantitative estimate of drug-likeness (QED) is 0.617. The maximum absolute atomic E-state index is 10.0. The van der Waals surface area contributed by atoms with Crippen molar-refractivity contribution in [2.24, 2.45) is 23.7 Å². The monoisotopic (exact) mass is 195 g/mol. The van der Waals surface area contributed by atoms with E-state index in [0.29, 0.717) is 5.92 Å². The molecule has 1 aliphatic heterocycles. The number of piperidine rings is 1. The lowest BCUT2D eigenvalue weighted by Gasteiger charge is -2.46. The van der Waals surface area contributed by atoms with Gasteiger partial charge >= 0.3 is 0 Å². The smallest absolute Gasteiger partial charge is 0.108 e. The lowest BCUT2D eigenvalue weighted by atomic mass is 9.65. The van der Waals surface area contributed by atoms with E-state index >= 15 is 0 Å². The Morgan fingerprint density at radius 2 is 1.79 bits per heavy atom. The largest absolute Gasteiger partial charge is 0.378 e. The zero-order chi connectivity index (χ0) is 9.54. The van der Waals surface area contributed by atoms with E-state index in [-0.39, 0.29) is 6.23 Å². The molecule has 0 aromatic carbocycles. The van der Waals surface area contributed by atoms with Gasteiger partial charge in [0.2, 0.25) is 0 Å². The van der Waals surface area contributed by atoms with Crippen molar-refractivity contribution in [3.63, 3.8) is 0 Å². The fourth-order valence-corrected chi connectivity index (χ4v) is 4.28. The van der Waals surface area contributed by atoms with Crippen molar-refractivity contribution in [2.75, 3.05) is 6.54 Å². The van der Waals surface area contributed by atoms with Gasteiger partial charge in [-0.05, 0) is 50.0 Å². The van der Waals surface area contributed by atoms with E-state index in [9.17, 15) is 5.11 Å². The minimum atomic E-state index is -0.195. The first kappa shape index (κ1) is 9.17. The molecule has 2 nitrogen and oxygen atoms in total. The van der Waals surface area contributed by atoms with Crippen LogP contribution in [0.5, 0.6) is 0 Å². The van der Waals surface area contributed by atoms with Crippen LogP contribution < -0.4 is 5.32 Å². The van der Waals surface area contributed by atoms with E-state index in [1.807, 2.05) is 0 Å². The number of aliphatic hydroxyl groups is 1. The lowest BCUT2D eigenvalue weighted by Crippen LogP contribution is -2.51. The highest BCUT2D eigenvalue weighted by atomic mass is 16.3. The predicted octanol–water partition coefficient (Wildman–Crippen LogP) is 1.74. The zero-order valence-corrected chi connectivity index (χ0v) is 8.78. The molecule has 3 aliphatic rings. The summed E-state index contributed by atoms with van der Waals surface area (Å²) in [5.41, 5.74) is 0. The van der Waals surface area contributed by atoms with Gasteiger partial charge < -0.3 is 5.11 Å². The molecule has 1 saturated heterocycles. The van der Waals surface area contributed by atoms with Crippen LogP contribution in [0.2, 0.25) is 0 Å². The fourth-order valence-electron chi connectivity index (χ4n) is 4.28. The summed E-state index contributed by atoms with van der Waals surface area (Å²) in [5, 5.41) is 13.3. The molecule has 0 aromatic rings. The van der Waals surface area contributed by atoms with Crippen molar-refractivity contribution >= 4 is 0 Å². The molecule has 2 N–H and O–H groups in total. The Bertz CT molecular complexity index is 218. The van der Waals surface area contributed by atoms with Gasteiger partial charge in [-0.1, -0.05) is 12.8 Å². The standard InChI is InChI=1S/C12H21NO/c14-12-11-9(6-7-13-12)5-4-8-2-1-3-10(8)11/h8-14H,1-7H2. The summed E-state index contributed by atoms with van der Waals surface area (Å²) in [6, 6.07) is 0. The highest BCUT2D eigenvalue weighted by Crippen LogP contribution is 2.50. The van der Waals surface area contributed by atoms with E-state index in [1.165, 1.54) is 38.5 Å². The summed E-state index contributed by atoms with van der Waals surface area (Å²) in [4.78, 5) is 0. The maximum Gasteiger partial charge on any atom is 0.108 e. The molecule has 2 heteroatoms. The summed E-state index contributed by atoms with van der Waals surface area (Å²) in [7, 11) is 0. The number of fused-ring (bicyclic) bond motifs is 3. The van der Waals surface area contributed by atoms with Crippen LogP contribution >= 0.6 is 0 Å². The summed E-state index contributed by atoms with van der Waals surface area (Å²) >= 11 is 0. The summed E-state index contributed by atoms with van der Waals surface area (Å²) in [5.74, 6) is 3.21. The van der Waals surface area contributed by atoms with E-state index in [1.54, 1.807) is 0 Å². The molecule has 0 amide bonds. The number of nitrogens with one attached hydrogen (secondary N) is 1. The van der Waals surface area contributed by atoms with Crippen molar-refractivity contribution in [3.8, 4) is 0 Å². The van der Waals surface area contributed by atoms with Crippen molar-refractivity contribution in [2.45, 2.75) is 44.8 Å². The zero-order valence-electron chi connectivity index (χ0n) is 8.78. The van der Waals surface area contributed by atoms with Gasteiger partial charge in [0.15, 0.2) is 0 Å². The maximum atomic E-state index is 10.0. The first-order valence-corrected chi connectivity index (χ1v) is 6.28. The highest BCUT2D eigenvalue weighted by Gasteiger charge is 2.45. The van der Waals surface area contributed by atoms with Crippen molar-refractivity contribution in [1.82, 2.24) is 5.32 Å². The van der Waals surface area contributed by atoms with Crippen LogP contribution in [0, 0.1) is 23.7 Å². The van der Waals surface area contributed by atoms with Crippen LogP contribution in [0.3, 0.4) is 0 Å². The van der Waals surface area contributed by atoms with Gasteiger partial charge in [-0.3, -0.25) is 5.32 Å². The first-order valence-electron chi connectivity index (χ1n) is 6.28. The molecule has 2 aliphatic carbocycles. The number of hydrogen-bond acceptors (Lipinski definition) is 2. The van der Waals surface area contributed by atoms with Crippen molar-refractivity contribution in [1.29, 1.82) is 0 Å². The minimum absolute atomic E-state index is 0.195. The van der Waals surface area contributed by atoms with Crippen LogP contribution in [-0.4, -0.2) is 17.9 Å². The minimum Gasteiger partial charge on any atom is -0.378 e. The molecule has 0 spiro atoms. The molecular formula is C12H21NO. The van der Waals surface area contributed by atoms with Crippen molar-refractivity contribution in [3.05, 3.63) is 0 Å². The van der Waals surface area contributed by atoms with E-state index in [0.717, 1.165) is 24.3 Å². The Morgan fingerprint density at radius 3 is 2.71 bits per heavy atom. The predicted molar refractivity (Wildman–Crippen MR) is 55.7 cm³/mol. The third-order valence-corrected chi connectivity index (χ3v) is 4.90. The number of rotatable bonds is 0. The third kappa shape index (κ3) is 1.31. The molecule has 1 heterocycles. The topological polar surface area (TPSA) is 32.3 Å². The van der Waals surface area contributed by atoms with Gasteiger partial charge in [0, 0.05) is 5.92 Å². The second kappa shape index (κ2) is 3.49. The number of hydrogen-bond donors (Lipinski definition) is 2. The van der Waals surface area contributed by atoms with Gasteiger partial charge in [0.25, 0.3) is 0 Å². The fraction of sp³-hybridized carbons (Fsp3) is 1.00. The highest BCUT2D eigenvalue weighted by molar-refractivity contribution is 4.95. The molecule has 3 fully saturated rings. The molecule has 2 saturated carbocycles. The van der Waals surface area contributed by atoms with E-state index < -0.39 is 0 Å². The molecular weight excluding hydrogens is 174 g/mol. The molecule has 5 atom stereocenters. The van der Waals surface area contributed by atoms with Gasteiger partial charge in [-0.2, -0.15) is 0 Å². The Hall–Kier alpha value is -0.0800. The van der Waals surface area contributed by atoms with Gasteiger partial charge in [-0.15, -0.1) is 0 Å². The molecule has 0 bridgehead atoms. The second-order valence-electron chi connectivity index (χ2n) is 5.46. The van der Waals surface area contributed by atoms with Crippen LogP contribution in [0.4, 0.5) is 0 Å². The van der Waals surface area contributed by atoms with Gasteiger partial charge in [0.1, 0.15) is 6.23 Å². The average molecular weight is 195 g/mol. The number of aliphatic hydroxyl groups excluding tert-OH is 1. The molecule has 14 heavy (non-hydrogen) atoms. The first-order chi connectivity index (χ1) is 6.86. The molecule has 0 aromatic heterocycles. The second-order valence-corrected chi connectivity index (χ2v) is 5.46. The molecule has 80 valence electrons. The Labute approximate surface area is 86.1 Å².